The molecule has 0 saturated carbocycles. The number of ether oxygens (including phenoxy) is 1. The Hall–Kier alpha value is -2.82. The van der Waals surface area contributed by atoms with E-state index in [4.69, 9.17) is 4.74 Å². The summed E-state index contributed by atoms with van der Waals surface area (Å²) in [6.45, 7) is 5.15. The van der Waals surface area contributed by atoms with Crippen LogP contribution in [-0.2, 0) is 21.6 Å². The van der Waals surface area contributed by atoms with Crippen molar-refractivity contribution in [2.24, 2.45) is 0 Å². The molecular weight excluding hydrogens is 376 g/mol. The summed E-state index contributed by atoms with van der Waals surface area (Å²) < 4.78 is 6.01. The van der Waals surface area contributed by atoms with E-state index >= 15 is 0 Å². The largest absolute Gasteiger partial charge is 0.438 e. The topological polar surface area (TPSA) is 58.6 Å². The summed E-state index contributed by atoms with van der Waals surface area (Å²) in [7, 11) is 0. The van der Waals surface area contributed by atoms with Gasteiger partial charge in [0.25, 0.3) is 0 Å². The molecule has 1 heterocycles. The highest BCUT2D eigenvalue weighted by atomic mass is 16.6. The molecule has 5 heteroatoms. The number of benzene rings is 2. The van der Waals surface area contributed by atoms with Crippen LogP contribution in [0.3, 0.4) is 0 Å². The zero-order valence-corrected chi connectivity index (χ0v) is 18.0. The van der Waals surface area contributed by atoms with Crippen LogP contribution >= 0.6 is 0 Å². The molecule has 1 fully saturated rings. The molecule has 2 aromatic carbocycles. The second-order valence-corrected chi connectivity index (χ2v) is 8.07. The van der Waals surface area contributed by atoms with Crippen LogP contribution in [0.2, 0.25) is 0 Å². The monoisotopic (exact) mass is 408 g/mol. The van der Waals surface area contributed by atoms with E-state index in [9.17, 15) is 9.59 Å². The number of nitrogens with one attached hydrogen (secondary N) is 1. The van der Waals surface area contributed by atoms with E-state index in [0.717, 1.165) is 18.4 Å². The lowest BCUT2D eigenvalue weighted by molar-refractivity contribution is -0.135. The molecule has 0 radical (unpaired) electrons. The van der Waals surface area contributed by atoms with Gasteiger partial charge in [0.15, 0.2) is 0 Å². The molecule has 1 unspecified atom stereocenters. The van der Waals surface area contributed by atoms with Crippen molar-refractivity contribution < 1.29 is 14.3 Å². The fraction of sp³-hybridized carbons (Fsp3) is 0.440. The summed E-state index contributed by atoms with van der Waals surface area (Å²) >= 11 is 0. The molecule has 1 atom stereocenters. The molecular formula is C25H32N2O3. The van der Waals surface area contributed by atoms with Crippen molar-refractivity contribution >= 4 is 12.0 Å². The molecule has 2 aromatic rings. The quantitative estimate of drug-likeness (QED) is 0.725. The van der Waals surface area contributed by atoms with Crippen LogP contribution in [-0.4, -0.2) is 36.0 Å². The van der Waals surface area contributed by atoms with Gasteiger partial charge in [-0.2, -0.15) is 0 Å². The molecule has 0 spiro atoms. The summed E-state index contributed by atoms with van der Waals surface area (Å²) in [4.78, 5) is 27.2. The molecule has 0 aliphatic carbocycles. The highest BCUT2D eigenvalue weighted by molar-refractivity contribution is 5.76. The second kappa shape index (κ2) is 10.3. The highest BCUT2D eigenvalue weighted by Gasteiger charge is 2.41. The number of carbonyl (C=O) groups excluding carboxylic acids is 2. The van der Waals surface area contributed by atoms with Crippen LogP contribution < -0.4 is 5.32 Å². The zero-order chi connectivity index (χ0) is 21.4. The Labute approximate surface area is 179 Å². The van der Waals surface area contributed by atoms with Gasteiger partial charge in [-0.3, -0.25) is 4.79 Å². The first-order chi connectivity index (χ1) is 14.5. The number of rotatable bonds is 7. The third-order valence-electron chi connectivity index (χ3n) is 5.96. The Balaban J connectivity index is 1.64. The predicted octanol–water partition coefficient (Wildman–Crippen LogP) is 4.66. The van der Waals surface area contributed by atoms with Crippen LogP contribution in [0.4, 0.5) is 4.79 Å². The number of hydrogen-bond donors (Lipinski definition) is 1. The molecule has 0 bridgehead atoms. The van der Waals surface area contributed by atoms with Crippen molar-refractivity contribution in [2.45, 2.75) is 57.6 Å². The highest BCUT2D eigenvalue weighted by Crippen LogP contribution is 2.37. The maximum Gasteiger partial charge on any atom is 0.408 e. The summed E-state index contributed by atoms with van der Waals surface area (Å²) in [6.07, 6.45) is 2.89. The van der Waals surface area contributed by atoms with E-state index in [1.807, 2.05) is 79.4 Å². The average molecular weight is 409 g/mol. The second-order valence-electron chi connectivity index (χ2n) is 8.07. The SMILES string of the molecule is CCC(C)NC(=O)OC1(c2ccccc2)CCN(C(=O)CCc2ccccc2)CC1. The minimum absolute atomic E-state index is 0.0602. The Morgan fingerprint density at radius 3 is 2.23 bits per heavy atom. The first kappa shape index (κ1) is 21.9. The lowest BCUT2D eigenvalue weighted by Gasteiger charge is -2.41. The first-order valence-corrected chi connectivity index (χ1v) is 10.9. The normalized spacial score (nSPS) is 16.5. The lowest BCUT2D eigenvalue weighted by atomic mass is 9.84. The smallest absolute Gasteiger partial charge is 0.408 e. The molecule has 5 nitrogen and oxygen atoms in total. The number of amides is 2. The molecule has 0 aromatic heterocycles. The van der Waals surface area contributed by atoms with Crippen LogP contribution in [0.25, 0.3) is 0 Å². The molecule has 1 aliphatic heterocycles. The number of hydrogen-bond acceptors (Lipinski definition) is 3. The lowest BCUT2D eigenvalue weighted by Crippen LogP contribution is -2.49. The van der Waals surface area contributed by atoms with Crippen LogP contribution in [0, 0.1) is 0 Å². The zero-order valence-electron chi connectivity index (χ0n) is 18.0. The Kier molecular flexibility index (Phi) is 7.50. The maximum atomic E-state index is 12.7. The fourth-order valence-electron chi connectivity index (χ4n) is 3.87. The third kappa shape index (κ3) is 5.62. The van der Waals surface area contributed by atoms with Gasteiger partial charge in [0.2, 0.25) is 5.91 Å². The minimum atomic E-state index is -0.699. The van der Waals surface area contributed by atoms with E-state index in [1.165, 1.54) is 5.56 Å². The number of alkyl carbamates (subject to hydrolysis) is 1. The fourth-order valence-corrected chi connectivity index (χ4v) is 3.87. The minimum Gasteiger partial charge on any atom is -0.438 e. The van der Waals surface area contributed by atoms with Crippen LogP contribution in [0.15, 0.2) is 60.7 Å². The van der Waals surface area contributed by atoms with Gasteiger partial charge in [0, 0.05) is 38.4 Å². The average Bonchev–Trinajstić information content (AvgIpc) is 2.79. The number of nitrogens with zero attached hydrogens (tertiary/aromatic N) is 1. The van der Waals surface area contributed by atoms with E-state index in [2.05, 4.69) is 5.32 Å². The molecule has 1 aliphatic rings. The van der Waals surface area contributed by atoms with Gasteiger partial charge in [0.05, 0.1) is 0 Å². The molecule has 30 heavy (non-hydrogen) atoms. The van der Waals surface area contributed by atoms with Gasteiger partial charge in [-0.15, -0.1) is 0 Å². The van der Waals surface area contributed by atoms with Crippen molar-refractivity contribution in [2.75, 3.05) is 13.1 Å². The standard InChI is InChI=1S/C25H32N2O3/c1-3-20(2)26-24(29)30-25(22-12-8-5-9-13-22)16-18-27(19-17-25)23(28)15-14-21-10-6-4-7-11-21/h4-13,20H,3,14-19H2,1-2H3,(H,26,29). The van der Waals surface area contributed by atoms with Crippen molar-refractivity contribution in [3.8, 4) is 0 Å². The Morgan fingerprint density at radius 2 is 1.63 bits per heavy atom. The van der Waals surface area contributed by atoms with Crippen LogP contribution in [0.5, 0.6) is 0 Å². The third-order valence-corrected chi connectivity index (χ3v) is 5.96. The van der Waals surface area contributed by atoms with Crippen molar-refractivity contribution in [1.82, 2.24) is 10.2 Å². The molecule has 3 rings (SSSR count). The number of carbonyl (C=O) groups is 2. The Morgan fingerprint density at radius 1 is 1.03 bits per heavy atom. The van der Waals surface area contributed by atoms with Gasteiger partial charge in [-0.25, -0.2) is 4.79 Å². The van der Waals surface area contributed by atoms with Gasteiger partial charge in [-0.1, -0.05) is 67.6 Å². The van der Waals surface area contributed by atoms with E-state index in [0.29, 0.717) is 32.4 Å². The van der Waals surface area contributed by atoms with Gasteiger partial charge in [0.1, 0.15) is 5.60 Å². The summed E-state index contributed by atoms with van der Waals surface area (Å²) in [5, 5.41) is 2.90. The van der Waals surface area contributed by atoms with E-state index in [1.54, 1.807) is 0 Å². The summed E-state index contributed by atoms with van der Waals surface area (Å²) in [6, 6.07) is 20.0. The molecule has 2 amide bonds. The first-order valence-electron chi connectivity index (χ1n) is 10.9. The van der Waals surface area contributed by atoms with Crippen LogP contribution in [0.1, 0.15) is 50.7 Å². The molecule has 160 valence electrons. The molecule has 1 saturated heterocycles. The number of likely N-dealkylation sites (tertiary alicyclic amines) is 1. The van der Waals surface area contributed by atoms with Gasteiger partial charge >= 0.3 is 6.09 Å². The molecule has 1 N–H and O–H groups in total. The number of aryl methyl sites for hydroxylation is 1. The van der Waals surface area contributed by atoms with Crippen molar-refractivity contribution in [1.29, 1.82) is 0 Å². The maximum absolute atomic E-state index is 12.7. The van der Waals surface area contributed by atoms with Gasteiger partial charge < -0.3 is 15.0 Å². The number of piperidine rings is 1. The van der Waals surface area contributed by atoms with Crippen molar-refractivity contribution in [3.05, 3.63) is 71.8 Å². The van der Waals surface area contributed by atoms with Gasteiger partial charge in [-0.05, 0) is 30.9 Å². The predicted molar refractivity (Wildman–Crippen MR) is 118 cm³/mol. The summed E-state index contributed by atoms with van der Waals surface area (Å²) in [5.74, 6) is 0.157. The Bertz CT molecular complexity index is 815. The van der Waals surface area contributed by atoms with E-state index in [-0.39, 0.29) is 11.9 Å². The van der Waals surface area contributed by atoms with E-state index < -0.39 is 11.7 Å². The summed E-state index contributed by atoms with van der Waals surface area (Å²) in [5.41, 5.74) is 1.46. The van der Waals surface area contributed by atoms with Crippen molar-refractivity contribution in [3.63, 3.8) is 0 Å².